The highest BCUT2D eigenvalue weighted by atomic mass is 35.5. The van der Waals surface area contributed by atoms with Gasteiger partial charge < -0.3 is 9.88 Å². The molecule has 0 bridgehead atoms. The quantitative estimate of drug-likeness (QED) is 0.829. The molecule has 0 radical (unpaired) electrons. The van der Waals surface area contributed by atoms with E-state index in [2.05, 4.69) is 26.7 Å². The van der Waals surface area contributed by atoms with Crippen LogP contribution in [0.4, 0.5) is 5.82 Å². The van der Waals surface area contributed by atoms with Crippen LogP contribution in [0.25, 0.3) is 0 Å². The number of anilines is 1. The van der Waals surface area contributed by atoms with Crippen LogP contribution in [0.5, 0.6) is 0 Å². The summed E-state index contributed by atoms with van der Waals surface area (Å²) in [6.07, 6.45) is 3.92. The number of rotatable bonds is 1. The predicted octanol–water partition coefficient (Wildman–Crippen LogP) is 1.10. The van der Waals surface area contributed by atoms with Crippen molar-refractivity contribution in [3.8, 4) is 0 Å². The van der Waals surface area contributed by atoms with Gasteiger partial charge in [-0.3, -0.25) is 9.69 Å². The van der Waals surface area contributed by atoms with Gasteiger partial charge in [0.2, 0.25) is 0 Å². The molecule has 2 fully saturated rings. The average Bonchev–Trinajstić information content (AvgIpc) is 2.79. The molecule has 0 amide bonds. The Bertz CT molecular complexity index is 503. The zero-order valence-electron chi connectivity index (χ0n) is 10.4. The third-order valence-corrected chi connectivity index (χ3v) is 4.33. The first-order valence-corrected chi connectivity index (χ1v) is 6.78. The fraction of sp³-hybridized carbons (Fsp3) is 0.667. The van der Waals surface area contributed by atoms with E-state index in [0.717, 1.165) is 13.1 Å². The molecule has 18 heavy (non-hydrogen) atoms. The van der Waals surface area contributed by atoms with E-state index in [0.29, 0.717) is 17.9 Å². The third-order valence-electron chi connectivity index (χ3n) is 3.99. The molecule has 1 N–H and O–H groups in total. The third kappa shape index (κ3) is 1.91. The monoisotopic (exact) mass is 268 g/mol. The lowest BCUT2D eigenvalue weighted by atomic mass is 10.1. The van der Waals surface area contributed by atoms with Crippen molar-refractivity contribution in [1.29, 1.82) is 0 Å². The number of halogens is 1. The molecular weight excluding hydrogens is 252 g/mol. The van der Waals surface area contributed by atoms with Crippen molar-refractivity contribution in [1.82, 2.24) is 14.9 Å². The van der Waals surface area contributed by atoms with E-state index in [9.17, 15) is 4.79 Å². The molecule has 2 aliphatic rings. The zero-order valence-corrected chi connectivity index (χ0v) is 11.2. The predicted molar refractivity (Wildman–Crippen MR) is 71.3 cm³/mol. The van der Waals surface area contributed by atoms with E-state index in [4.69, 9.17) is 11.6 Å². The van der Waals surface area contributed by atoms with E-state index >= 15 is 0 Å². The van der Waals surface area contributed by atoms with Gasteiger partial charge in [-0.05, 0) is 26.3 Å². The fourth-order valence-corrected chi connectivity index (χ4v) is 3.27. The van der Waals surface area contributed by atoms with Crippen LogP contribution in [0, 0.1) is 0 Å². The largest absolute Gasteiger partial charge is 0.350 e. The van der Waals surface area contributed by atoms with Crippen molar-refractivity contribution in [2.45, 2.75) is 31.8 Å². The van der Waals surface area contributed by atoms with Crippen LogP contribution < -0.4 is 10.5 Å². The van der Waals surface area contributed by atoms with E-state index in [1.165, 1.54) is 25.7 Å². The van der Waals surface area contributed by atoms with Gasteiger partial charge in [-0.15, -0.1) is 0 Å². The summed E-state index contributed by atoms with van der Waals surface area (Å²) >= 11 is 6.07. The van der Waals surface area contributed by atoms with Crippen LogP contribution in [0.15, 0.2) is 11.1 Å². The molecule has 2 unspecified atom stereocenters. The minimum absolute atomic E-state index is 0.204. The molecule has 3 heterocycles. The molecule has 2 atom stereocenters. The van der Waals surface area contributed by atoms with Crippen LogP contribution in [0.3, 0.4) is 0 Å². The van der Waals surface area contributed by atoms with Crippen LogP contribution in [0.1, 0.15) is 19.8 Å². The standard InChI is InChI=1S/C12H17ClN4O/c1-8-5-16-4-2-3-9(16)6-17(8)11-10(13)12(18)15-7-14-11/h7-9H,2-6H2,1H3,(H,14,15,18). The summed E-state index contributed by atoms with van der Waals surface area (Å²) in [7, 11) is 0. The van der Waals surface area contributed by atoms with Gasteiger partial charge in [0.1, 0.15) is 5.02 Å². The number of piperazine rings is 1. The second-order valence-corrected chi connectivity index (χ2v) is 5.54. The Morgan fingerprint density at radius 3 is 3.17 bits per heavy atom. The lowest BCUT2D eigenvalue weighted by Crippen LogP contribution is -2.55. The molecule has 1 aromatic heterocycles. The summed E-state index contributed by atoms with van der Waals surface area (Å²) in [5, 5.41) is 0.204. The van der Waals surface area contributed by atoms with Gasteiger partial charge >= 0.3 is 0 Å². The highest BCUT2D eigenvalue weighted by molar-refractivity contribution is 6.32. The molecule has 6 heteroatoms. The molecule has 3 rings (SSSR count). The van der Waals surface area contributed by atoms with E-state index in [-0.39, 0.29) is 10.6 Å². The van der Waals surface area contributed by atoms with Crippen molar-refractivity contribution >= 4 is 17.4 Å². The minimum Gasteiger partial charge on any atom is -0.350 e. The first kappa shape index (κ1) is 12.0. The summed E-state index contributed by atoms with van der Waals surface area (Å²) < 4.78 is 0. The van der Waals surface area contributed by atoms with Crippen molar-refractivity contribution in [3.05, 3.63) is 21.7 Å². The van der Waals surface area contributed by atoms with Crippen molar-refractivity contribution < 1.29 is 0 Å². The maximum Gasteiger partial charge on any atom is 0.271 e. The van der Waals surface area contributed by atoms with Gasteiger partial charge in [0.15, 0.2) is 5.82 Å². The highest BCUT2D eigenvalue weighted by Crippen LogP contribution is 2.29. The Hall–Kier alpha value is -1.07. The molecule has 0 saturated carbocycles. The number of H-pyrrole nitrogens is 1. The van der Waals surface area contributed by atoms with Gasteiger partial charge in [0.25, 0.3) is 5.56 Å². The Labute approximate surface area is 111 Å². The number of fused-ring (bicyclic) bond motifs is 1. The summed E-state index contributed by atoms with van der Waals surface area (Å²) in [6, 6.07) is 0.921. The number of nitrogens with zero attached hydrogens (tertiary/aromatic N) is 3. The number of nitrogens with one attached hydrogen (secondary N) is 1. The second-order valence-electron chi connectivity index (χ2n) is 5.16. The van der Waals surface area contributed by atoms with E-state index in [1.807, 2.05) is 0 Å². The van der Waals surface area contributed by atoms with Crippen molar-refractivity contribution in [3.63, 3.8) is 0 Å². The Morgan fingerprint density at radius 1 is 1.50 bits per heavy atom. The molecule has 2 saturated heterocycles. The Balaban J connectivity index is 1.91. The highest BCUT2D eigenvalue weighted by Gasteiger charge is 2.35. The summed E-state index contributed by atoms with van der Waals surface area (Å²) in [6.45, 7) is 5.29. The van der Waals surface area contributed by atoms with Gasteiger partial charge in [-0.2, -0.15) is 0 Å². The lowest BCUT2D eigenvalue weighted by Gasteiger charge is -2.43. The zero-order chi connectivity index (χ0) is 12.7. The van der Waals surface area contributed by atoms with E-state index in [1.54, 1.807) is 0 Å². The first-order valence-electron chi connectivity index (χ1n) is 6.40. The molecule has 0 aromatic carbocycles. The minimum atomic E-state index is -0.261. The smallest absolute Gasteiger partial charge is 0.271 e. The van der Waals surface area contributed by atoms with Gasteiger partial charge in [-0.1, -0.05) is 11.6 Å². The number of aromatic amines is 1. The molecule has 5 nitrogen and oxygen atoms in total. The van der Waals surface area contributed by atoms with Crippen LogP contribution >= 0.6 is 11.6 Å². The molecule has 98 valence electrons. The second kappa shape index (κ2) is 4.55. The number of hydrogen-bond donors (Lipinski definition) is 1. The fourth-order valence-electron chi connectivity index (χ4n) is 3.06. The summed E-state index contributed by atoms with van der Waals surface area (Å²) in [5.41, 5.74) is -0.261. The summed E-state index contributed by atoms with van der Waals surface area (Å²) in [5.74, 6) is 0.625. The lowest BCUT2D eigenvalue weighted by molar-refractivity contribution is 0.202. The molecule has 0 spiro atoms. The summed E-state index contributed by atoms with van der Waals surface area (Å²) in [4.78, 5) is 23.0. The van der Waals surface area contributed by atoms with Gasteiger partial charge in [0, 0.05) is 25.2 Å². The molecule has 0 aliphatic carbocycles. The van der Waals surface area contributed by atoms with E-state index < -0.39 is 0 Å². The van der Waals surface area contributed by atoms with Gasteiger partial charge in [0.05, 0.1) is 6.33 Å². The number of hydrogen-bond acceptors (Lipinski definition) is 4. The Kier molecular flexibility index (Phi) is 3.03. The maximum atomic E-state index is 11.6. The molecule has 2 aliphatic heterocycles. The van der Waals surface area contributed by atoms with Crippen molar-refractivity contribution in [2.24, 2.45) is 0 Å². The topological polar surface area (TPSA) is 52.2 Å². The van der Waals surface area contributed by atoms with Crippen LogP contribution in [-0.2, 0) is 0 Å². The maximum absolute atomic E-state index is 11.6. The van der Waals surface area contributed by atoms with Gasteiger partial charge in [-0.25, -0.2) is 4.98 Å². The van der Waals surface area contributed by atoms with Crippen LogP contribution in [-0.4, -0.2) is 46.6 Å². The average molecular weight is 269 g/mol. The normalized spacial score (nSPS) is 28.4. The SMILES string of the molecule is CC1CN2CCCC2CN1c1nc[nH]c(=O)c1Cl. The Morgan fingerprint density at radius 2 is 2.33 bits per heavy atom. The molecular formula is C12H17ClN4O. The molecule has 1 aromatic rings. The van der Waals surface area contributed by atoms with Crippen LogP contribution in [0.2, 0.25) is 5.02 Å². The number of aromatic nitrogens is 2. The van der Waals surface area contributed by atoms with Crippen molar-refractivity contribution in [2.75, 3.05) is 24.5 Å². The first-order chi connectivity index (χ1) is 8.66.